The Kier molecular flexibility index (Phi) is 3.98. The van der Waals surface area contributed by atoms with E-state index in [4.69, 9.17) is 9.51 Å². The summed E-state index contributed by atoms with van der Waals surface area (Å²) in [7, 11) is 4.07. The average Bonchev–Trinajstić information content (AvgIpc) is 3.12. The fourth-order valence-electron chi connectivity index (χ4n) is 3.44. The molecule has 1 saturated carbocycles. The Labute approximate surface area is 147 Å². The van der Waals surface area contributed by atoms with Crippen LogP contribution in [0.25, 0.3) is 0 Å². The van der Waals surface area contributed by atoms with Crippen LogP contribution < -0.4 is 4.90 Å². The smallest absolute Gasteiger partial charge is 0.276 e. The van der Waals surface area contributed by atoms with Crippen molar-refractivity contribution in [1.29, 1.82) is 0 Å². The molecule has 2 aromatic rings. The quantitative estimate of drug-likeness (QED) is 0.856. The number of rotatable bonds is 4. The van der Waals surface area contributed by atoms with Gasteiger partial charge in [0.25, 0.3) is 5.91 Å². The van der Waals surface area contributed by atoms with Crippen molar-refractivity contribution in [3.63, 3.8) is 0 Å². The van der Waals surface area contributed by atoms with Crippen molar-refractivity contribution < 1.29 is 9.32 Å². The molecule has 1 saturated heterocycles. The topological polar surface area (TPSA) is 62.5 Å². The zero-order valence-electron chi connectivity index (χ0n) is 15.0. The van der Waals surface area contributed by atoms with Crippen LogP contribution in [0.3, 0.4) is 0 Å². The predicted molar refractivity (Wildman–Crippen MR) is 95.0 cm³/mol. The van der Waals surface area contributed by atoms with Gasteiger partial charge >= 0.3 is 0 Å². The van der Waals surface area contributed by atoms with E-state index in [1.54, 1.807) is 0 Å². The summed E-state index contributed by atoms with van der Waals surface area (Å²) in [5, 5.41) is 3.98. The third-order valence-corrected chi connectivity index (χ3v) is 5.10. The molecule has 132 valence electrons. The molecule has 6 heteroatoms. The van der Waals surface area contributed by atoms with Gasteiger partial charge in [-0.3, -0.25) is 9.78 Å². The molecular weight excluding hydrogens is 316 g/mol. The first-order valence-corrected chi connectivity index (χ1v) is 8.93. The van der Waals surface area contributed by atoms with Crippen LogP contribution in [0.2, 0.25) is 0 Å². The fourth-order valence-corrected chi connectivity index (χ4v) is 3.44. The molecular formula is C19H24N4O2. The van der Waals surface area contributed by atoms with Crippen LogP contribution in [-0.4, -0.2) is 48.1 Å². The van der Waals surface area contributed by atoms with E-state index in [0.29, 0.717) is 18.2 Å². The first-order chi connectivity index (χ1) is 12.0. The van der Waals surface area contributed by atoms with Crippen molar-refractivity contribution in [3.05, 3.63) is 41.0 Å². The van der Waals surface area contributed by atoms with Crippen LogP contribution in [0, 0.1) is 6.92 Å². The maximum atomic E-state index is 12.7. The Morgan fingerprint density at radius 3 is 2.72 bits per heavy atom. The van der Waals surface area contributed by atoms with Gasteiger partial charge in [-0.1, -0.05) is 5.16 Å². The van der Waals surface area contributed by atoms with Gasteiger partial charge in [0.15, 0.2) is 5.69 Å². The molecule has 4 rings (SSSR count). The number of hydrogen-bond donors (Lipinski definition) is 0. The van der Waals surface area contributed by atoms with Gasteiger partial charge in [-0.05, 0) is 38.3 Å². The van der Waals surface area contributed by atoms with Crippen LogP contribution in [0.5, 0.6) is 0 Å². The van der Waals surface area contributed by atoms with E-state index in [0.717, 1.165) is 48.6 Å². The lowest BCUT2D eigenvalue weighted by Crippen LogP contribution is -2.28. The SMILES string of the molecule is Cc1cc(N(C)C)cc([C@H]2CCN(C(=O)c3cc(C4CC4)on3)C2)n1. The summed E-state index contributed by atoms with van der Waals surface area (Å²) >= 11 is 0. The molecule has 1 atom stereocenters. The second-order valence-corrected chi connectivity index (χ2v) is 7.41. The predicted octanol–water partition coefficient (Wildman–Crippen LogP) is 2.95. The first kappa shape index (κ1) is 16.1. The summed E-state index contributed by atoms with van der Waals surface area (Å²) in [5.74, 6) is 1.58. The lowest BCUT2D eigenvalue weighted by Gasteiger charge is -2.18. The zero-order chi connectivity index (χ0) is 17.6. The molecule has 0 aromatic carbocycles. The Morgan fingerprint density at radius 2 is 2.00 bits per heavy atom. The minimum absolute atomic E-state index is 0.0290. The van der Waals surface area contributed by atoms with E-state index in [9.17, 15) is 4.79 Å². The van der Waals surface area contributed by atoms with Crippen LogP contribution in [0.15, 0.2) is 22.7 Å². The highest BCUT2D eigenvalue weighted by Gasteiger charge is 2.33. The summed E-state index contributed by atoms with van der Waals surface area (Å²) < 4.78 is 5.32. The van der Waals surface area contributed by atoms with Crippen LogP contribution in [0.1, 0.15) is 58.7 Å². The highest BCUT2D eigenvalue weighted by atomic mass is 16.5. The lowest BCUT2D eigenvalue weighted by molar-refractivity contribution is 0.0780. The van der Waals surface area contributed by atoms with Crippen molar-refractivity contribution in [3.8, 4) is 0 Å². The third-order valence-electron chi connectivity index (χ3n) is 5.10. The van der Waals surface area contributed by atoms with Crippen molar-refractivity contribution >= 4 is 11.6 Å². The number of aryl methyl sites for hydroxylation is 1. The third kappa shape index (κ3) is 3.25. The van der Waals surface area contributed by atoms with Gasteiger partial charge in [0.2, 0.25) is 0 Å². The molecule has 0 radical (unpaired) electrons. The van der Waals surface area contributed by atoms with Crippen molar-refractivity contribution in [2.75, 3.05) is 32.1 Å². The Hall–Kier alpha value is -2.37. The second kappa shape index (κ2) is 6.17. The summed E-state index contributed by atoms with van der Waals surface area (Å²) in [6, 6.07) is 6.03. The largest absolute Gasteiger partial charge is 0.378 e. The molecule has 1 aliphatic heterocycles. The molecule has 2 aliphatic rings. The van der Waals surface area contributed by atoms with Gasteiger partial charge in [0.1, 0.15) is 5.76 Å². The summed E-state index contributed by atoms with van der Waals surface area (Å²) in [5.41, 5.74) is 3.67. The van der Waals surface area contributed by atoms with Gasteiger partial charge in [-0.2, -0.15) is 0 Å². The zero-order valence-corrected chi connectivity index (χ0v) is 15.0. The van der Waals surface area contributed by atoms with Crippen molar-refractivity contribution in [1.82, 2.24) is 15.0 Å². The van der Waals surface area contributed by atoms with E-state index in [2.05, 4.69) is 22.2 Å². The van der Waals surface area contributed by atoms with Gasteiger partial charge in [-0.15, -0.1) is 0 Å². The summed E-state index contributed by atoms with van der Waals surface area (Å²) in [6.45, 7) is 3.44. The first-order valence-electron chi connectivity index (χ1n) is 8.93. The maximum Gasteiger partial charge on any atom is 0.276 e. The van der Waals surface area contributed by atoms with E-state index in [1.807, 2.05) is 32.0 Å². The van der Waals surface area contributed by atoms with Gasteiger partial charge < -0.3 is 14.3 Å². The highest BCUT2D eigenvalue weighted by Crippen LogP contribution is 2.40. The number of pyridine rings is 1. The average molecular weight is 340 g/mol. The van der Waals surface area contributed by atoms with E-state index in [1.165, 1.54) is 0 Å². The molecule has 1 aliphatic carbocycles. The number of nitrogens with zero attached hydrogens (tertiary/aromatic N) is 4. The van der Waals surface area contributed by atoms with Crippen LogP contribution >= 0.6 is 0 Å². The normalized spacial score (nSPS) is 20.1. The molecule has 1 amide bonds. The van der Waals surface area contributed by atoms with E-state index < -0.39 is 0 Å². The number of carbonyl (C=O) groups excluding carboxylic acids is 1. The lowest BCUT2D eigenvalue weighted by atomic mass is 10.0. The Bertz CT molecular complexity index is 794. The number of carbonyl (C=O) groups is 1. The molecule has 2 fully saturated rings. The monoisotopic (exact) mass is 340 g/mol. The number of anilines is 1. The number of likely N-dealkylation sites (tertiary alicyclic amines) is 1. The Balaban J connectivity index is 1.48. The van der Waals surface area contributed by atoms with Crippen LogP contribution in [0.4, 0.5) is 5.69 Å². The molecule has 25 heavy (non-hydrogen) atoms. The van der Waals surface area contributed by atoms with Gasteiger partial charge in [0.05, 0.1) is 0 Å². The van der Waals surface area contributed by atoms with Gasteiger partial charge in [-0.25, -0.2) is 0 Å². The molecule has 0 bridgehead atoms. The second-order valence-electron chi connectivity index (χ2n) is 7.41. The minimum Gasteiger partial charge on any atom is -0.378 e. The molecule has 2 aromatic heterocycles. The number of amides is 1. The molecule has 0 unspecified atom stereocenters. The fraction of sp³-hybridized carbons (Fsp3) is 0.526. The molecule has 0 N–H and O–H groups in total. The molecule has 6 nitrogen and oxygen atoms in total. The van der Waals surface area contributed by atoms with Crippen molar-refractivity contribution in [2.45, 2.75) is 38.0 Å². The molecule has 0 spiro atoms. The number of hydrogen-bond acceptors (Lipinski definition) is 5. The summed E-state index contributed by atoms with van der Waals surface area (Å²) in [4.78, 5) is 21.4. The standard InChI is InChI=1S/C19H24N4O2/c1-12-8-15(22(2)3)9-16(20-12)14-6-7-23(11-14)19(24)17-10-18(25-21-17)13-4-5-13/h8-10,13-14H,4-7,11H2,1-3H3/t14-/m0/s1. The van der Waals surface area contributed by atoms with Gasteiger partial charge in [0, 0.05) is 62.2 Å². The highest BCUT2D eigenvalue weighted by molar-refractivity contribution is 5.92. The van der Waals surface area contributed by atoms with E-state index >= 15 is 0 Å². The van der Waals surface area contributed by atoms with E-state index in [-0.39, 0.29) is 11.8 Å². The number of aromatic nitrogens is 2. The van der Waals surface area contributed by atoms with Crippen molar-refractivity contribution in [2.24, 2.45) is 0 Å². The van der Waals surface area contributed by atoms with Crippen LogP contribution in [-0.2, 0) is 0 Å². The Morgan fingerprint density at radius 1 is 1.20 bits per heavy atom. The summed E-state index contributed by atoms with van der Waals surface area (Å²) in [6.07, 6.45) is 3.21. The maximum absolute atomic E-state index is 12.7. The molecule has 3 heterocycles. The minimum atomic E-state index is -0.0290.